The van der Waals surface area contributed by atoms with Crippen LogP contribution in [0.1, 0.15) is 66.9 Å². The van der Waals surface area contributed by atoms with Crippen LogP contribution in [0.4, 0.5) is 0 Å². The molecule has 0 radical (unpaired) electrons. The second kappa shape index (κ2) is 8.62. The Morgan fingerprint density at radius 2 is 1.71 bits per heavy atom. The molecule has 0 aromatic heterocycles. The molecule has 206 valence electrons. The molecule has 10 heteroatoms. The van der Waals surface area contributed by atoms with Crippen molar-refractivity contribution in [3.63, 3.8) is 0 Å². The lowest BCUT2D eigenvalue weighted by molar-refractivity contribution is -0.162. The highest BCUT2D eigenvalue weighted by Gasteiger charge is 2.67. The van der Waals surface area contributed by atoms with E-state index < -0.39 is 70.4 Å². The lowest BCUT2D eigenvalue weighted by Gasteiger charge is -2.54. The van der Waals surface area contributed by atoms with Gasteiger partial charge in [-0.3, -0.25) is 14.5 Å². The number of rotatable bonds is 3. The summed E-state index contributed by atoms with van der Waals surface area (Å²) in [6, 6.07) is 2.37. The summed E-state index contributed by atoms with van der Waals surface area (Å²) in [6.07, 6.45) is 0.138. The molecule has 1 fully saturated rings. The number of phenols is 1. The Morgan fingerprint density at radius 3 is 2.26 bits per heavy atom. The molecule has 4 aliphatic rings. The number of Topliss-reactive ketones (excluding diaryl/α,β-unsaturated/α-hetero) is 2. The molecule has 4 aliphatic carbocycles. The maximum absolute atomic E-state index is 14.0. The highest BCUT2D eigenvalue weighted by atomic mass is 16.4. The number of carbonyl (C=O) groups excluding carboxylic acids is 2. The van der Waals surface area contributed by atoms with Gasteiger partial charge < -0.3 is 36.4 Å². The van der Waals surface area contributed by atoms with Crippen LogP contribution in [-0.4, -0.2) is 85.2 Å². The molecule has 1 saturated carbocycles. The van der Waals surface area contributed by atoms with Gasteiger partial charge in [0.05, 0.1) is 29.2 Å². The largest absolute Gasteiger partial charge is 0.510 e. The third-order valence-corrected chi connectivity index (χ3v) is 9.58. The molecule has 38 heavy (non-hydrogen) atoms. The number of likely N-dealkylation sites (N-methyl/N-ethyl adjacent to an activating group) is 1. The molecule has 0 bridgehead atoms. The van der Waals surface area contributed by atoms with Crippen molar-refractivity contribution in [1.82, 2.24) is 4.90 Å². The Morgan fingerprint density at radius 1 is 1.11 bits per heavy atom. The molecule has 5 rings (SSSR count). The standard InChI is InChI=1S/C28H36N2O8/c1-11-12-7-8-13(27(2)9-5-6-10-27)20(31)15(12)21(32)16-14(11)22(33)18-19(30(3)4)23(34)17(26(29)37)25(36)28(18,38)24(16)35/h7-8,11,14,18-19,22,26,31,33-35,37-38H,5-6,9-10,29H2,1-4H3/t11-,14+,18+,19-,22-,26?,28-/m0/s1. The number of benzene rings is 1. The zero-order chi connectivity index (χ0) is 28.1. The fourth-order valence-electron chi connectivity index (χ4n) is 7.61. The molecule has 1 aromatic rings. The van der Waals surface area contributed by atoms with Crippen LogP contribution in [0.15, 0.2) is 34.8 Å². The van der Waals surface area contributed by atoms with Crippen LogP contribution in [0.5, 0.6) is 5.75 Å². The predicted molar refractivity (Wildman–Crippen MR) is 137 cm³/mol. The highest BCUT2D eigenvalue weighted by Crippen LogP contribution is 2.57. The number of aliphatic hydroxyl groups is 5. The number of fused-ring (bicyclic) bond motifs is 3. The third-order valence-electron chi connectivity index (χ3n) is 9.58. The van der Waals surface area contributed by atoms with Crippen molar-refractivity contribution in [3.05, 3.63) is 51.5 Å². The normalized spacial score (nSPS) is 35.3. The number of carbonyl (C=O) groups is 2. The number of phenolic OH excluding ortho intramolecular Hbond substituents is 1. The lowest BCUT2D eigenvalue weighted by Crippen LogP contribution is -2.68. The predicted octanol–water partition coefficient (Wildman–Crippen LogP) is 1.28. The summed E-state index contributed by atoms with van der Waals surface area (Å²) in [7, 11) is 3.07. The van der Waals surface area contributed by atoms with E-state index in [2.05, 4.69) is 0 Å². The highest BCUT2D eigenvalue weighted by molar-refractivity contribution is 6.16. The molecule has 0 aliphatic heterocycles. The van der Waals surface area contributed by atoms with Gasteiger partial charge in [-0.25, -0.2) is 0 Å². The summed E-state index contributed by atoms with van der Waals surface area (Å²) in [4.78, 5) is 29.0. The van der Waals surface area contributed by atoms with Gasteiger partial charge in [0.25, 0.3) is 0 Å². The van der Waals surface area contributed by atoms with Crippen molar-refractivity contribution in [2.45, 2.75) is 74.8 Å². The molecular weight excluding hydrogens is 492 g/mol. The van der Waals surface area contributed by atoms with Crippen molar-refractivity contribution < 1.29 is 40.2 Å². The number of aromatic hydroxyl groups is 1. The number of hydrogen-bond donors (Lipinski definition) is 7. The first-order valence-corrected chi connectivity index (χ1v) is 13.0. The van der Waals surface area contributed by atoms with Crippen LogP contribution in [0.3, 0.4) is 0 Å². The second-order valence-electron chi connectivity index (χ2n) is 11.9. The molecule has 0 saturated heterocycles. The minimum Gasteiger partial charge on any atom is -0.510 e. The van der Waals surface area contributed by atoms with Crippen molar-refractivity contribution in [2.24, 2.45) is 17.6 Å². The first kappa shape index (κ1) is 26.8. The van der Waals surface area contributed by atoms with E-state index in [1.807, 2.05) is 13.0 Å². The number of hydrogen-bond acceptors (Lipinski definition) is 10. The van der Waals surface area contributed by atoms with Crippen molar-refractivity contribution in [3.8, 4) is 5.75 Å². The Balaban J connectivity index is 1.76. The Hall–Kier alpha value is -2.76. The number of ketones is 2. The monoisotopic (exact) mass is 528 g/mol. The molecule has 10 nitrogen and oxygen atoms in total. The number of nitrogens with zero attached hydrogens (tertiary/aromatic N) is 1. The van der Waals surface area contributed by atoms with Crippen LogP contribution in [0, 0.1) is 11.8 Å². The van der Waals surface area contributed by atoms with Crippen LogP contribution < -0.4 is 5.73 Å². The van der Waals surface area contributed by atoms with Crippen LogP contribution >= 0.6 is 0 Å². The van der Waals surface area contributed by atoms with E-state index in [0.717, 1.165) is 25.7 Å². The van der Waals surface area contributed by atoms with Gasteiger partial charge in [0, 0.05) is 17.1 Å². The van der Waals surface area contributed by atoms with E-state index in [0.29, 0.717) is 11.1 Å². The van der Waals surface area contributed by atoms with Crippen LogP contribution in [-0.2, 0) is 10.2 Å². The first-order valence-electron chi connectivity index (χ1n) is 13.0. The van der Waals surface area contributed by atoms with E-state index in [9.17, 15) is 40.2 Å². The maximum Gasteiger partial charge on any atom is 0.206 e. The van der Waals surface area contributed by atoms with Crippen molar-refractivity contribution in [2.75, 3.05) is 14.1 Å². The maximum atomic E-state index is 14.0. The zero-order valence-electron chi connectivity index (χ0n) is 22.0. The smallest absolute Gasteiger partial charge is 0.206 e. The first-order chi connectivity index (χ1) is 17.7. The summed E-state index contributed by atoms with van der Waals surface area (Å²) in [6.45, 7) is 3.78. The Labute approximate surface area is 220 Å². The molecule has 7 atom stereocenters. The van der Waals surface area contributed by atoms with Gasteiger partial charge in [-0.2, -0.15) is 0 Å². The molecule has 1 aromatic carbocycles. The number of nitrogens with two attached hydrogens (primary N) is 1. The lowest BCUT2D eigenvalue weighted by atomic mass is 9.55. The van der Waals surface area contributed by atoms with Crippen molar-refractivity contribution in [1.29, 1.82) is 0 Å². The molecule has 8 N–H and O–H groups in total. The average molecular weight is 529 g/mol. The fraction of sp³-hybridized carbons (Fsp3) is 0.571. The van der Waals surface area contributed by atoms with Gasteiger partial charge >= 0.3 is 0 Å². The SMILES string of the molecule is C[C@H]1c2ccc(C3(C)CCCC3)c(O)c2C(=O)C2=C(O)[C@]3(O)C(=O)C(C(N)O)=C(O)[C@@H](N(C)C)[C@@H]3[C@@H](O)[C@@H]21. The van der Waals surface area contributed by atoms with Crippen LogP contribution in [0.2, 0.25) is 0 Å². The summed E-state index contributed by atoms with van der Waals surface area (Å²) < 4.78 is 0. The quantitative estimate of drug-likeness (QED) is 0.282. The second-order valence-corrected chi connectivity index (χ2v) is 11.9. The van der Waals surface area contributed by atoms with Gasteiger partial charge in [0.15, 0.2) is 11.4 Å². The van der Waals surface area contributed by atoms with Crippen LogP contribution in [0.25, 0.3) is 0 Å². The van der Waals surface area contributed by atoms with E-state index in [1.54, 1.807) is 13.0 Å². The van der Waals surface area contributed by atoms with E-state index in [-0.39, 0.29) is 22.3 Å². The summed E-state index contributed by atoms with van der Waals surface area (Å²) in [5, 5.41) is 67.4. The Bertz CT molecular complexity index is 1290. The molecule has 0 amide bonds. The van der Waals surface area contributed by atoms with Gasteiger partial charge in [0.1, 0.15) is 23.5 Å². The van der Waals surface area contributed by atoms with E-state index >= 15 is 0 Å². The van der Waals surface area contributed by atoms with Gasteiger partial charge in [-0.15, -0.1) is 0 Å². The summed E-state index contributed by atoms with van der Waals surface area (Å²) in [5.41, 5.74) is 2.41. The van der Waals surface area contributed by atoms with Gasteiger partial charge in [-0.1, -0.05) is 38.8 Å². The average Bonchev–Trinajstić information content (AvgIpc) is 3.28. The number of aliphatic hydroxyl groups excluding tert-OH is 4. The molecular formula is C28H36N2O8. The minimum atomic E-state index is -2.85. The molecule has 0 spiro atoms. The Kier molecular flexibility index (Phi) is 6.09. The van der Waals surface area contributed by atoms with E-state index in [1.165, 1.54) is 19.0 Å². The van der Waals surface area contributed by atoms with Crippen molar-refractivity contribution >= 4 is 11.6 Å². The van der Waals surface area contributed by atoms with E-state index in [4.69, 9.17) is 5.73 Å². The van der Waals surface area contributed by atoms with Gasteiger partial charge in [0.2, 0.25) is 5.78 Å². The molecule has 0 heterocycles. The summed E-state index contributed by atoms with van der Waals surface area (Å²) >= 11 is 0. The zero-order valence-corrected chi connectivity index (χ0v) is 22.0. The topological polar surface area (TPSA) is 185 Å². The third kappa shape index (κ3) is 3.24. The van der Waals surface area contributed by atoms with Gasteiger partial charge in [-0.05, 0) is 43.8 Å². The molecule has 1 unspecified atom stereocenters. The minimum absolute atomic E-state index is 0.0138. The summed E-state index contributed by atoms with van der Waals surface area (Å²) in [5.74, 6) is -6.97. The fourth-order valence-corrected chi connectivity index (χ4v) is 7.61.